The number of alkyl halides is 1. The zero-order valence-electron chi connectivity index (χ0n) is 8.60. The molecule has 0 nitrogen and oxygen atoms in total. The van der Waals surface area contributed by atoms with Gasteiger partial charge < -0.3 is 0 Å². The van der Waals surface area contributed by atoms with Crippen LogP contribution in [0.2, 0.25) is 0 Å². The van der Waals surface area contributed by atoms with Crippen molar-refractivity contribution in [3.8, 4) is 0 Å². The Morgan fingerprint density at radius 3 is 2.47 bits per heavy atom. The molecule has 0 N–H and O–H groups in total. The summed E-state index contributed by atoms with van der Waals surface area (Å²) in [6.45, 7) is 0. The second-order valence-corrected chi connectivity index (χ2v) is 5.92. The molecule has 0 amide bonds. The maximum absolute atomic E-state index is 13.9. The van der Waals surface area contributed by atoms with Crippen LogP contribution in [0.1, 0.15) is 19.3 Å². The van der Waals surface area contributed by atoms with Gasteiger partial charge in [0.25, 0.3) is 0 Å². The van der Waals surface area contributed by atoms with E-state index in [1.165, 1.54) is 11.3 Å². The Morgan fingerprint density at radius 2 is 1.80 bits per heavy atom. The minimum absolute atomic E-state index is 0.228. The van der Waals surface area contributed by atoms with E-state index < -0.39 is 6.17 Å². The Bertz CT molecular complexity index is 336. The molecule has 15 heavy (non-hydrogen) atoms. The highest BCUT2D eigenvalue weighted by Gasteiger charge is 2.48. The van der Waals surface area contributed by atoms with Gasteiger partial charge in [-0.2, -0.15) is 0 Å². The van der Waals surface area contributed by atoms with Crippen molar-refractivity contribution in [1.29, 1.82) is 0 Å². The van der Waals surface area contributed by atoms with Gasteiger partial charge in [-0.3, -0.25) is 0 Å². The van der Waals surface area contributed by atoms with Crippen molar-refractivity contribution in [1.82, 2.24) is 0 Å². The second-order valence-electron chi connectivity index (χ2n) is 4.67. The van der Waals surface area contributed by atoms with Gasteiger partial charge in [-0.15, -0.1) is 11.8 Å². The average Bonchev–Trinajstić information content (AvgIpc) is 2.84. The first-order valence-electron chi connectivity index (χ1n) is 5.70. The molecular formula is C13H15FS. The van der Waals surface area contributed by atoms with E-state index in [0.717, 1.165) is 12.8 Å². The van der Waals surface area contributed by atoms with Gasteiger partial charge in [0.2, 0.25) is 0 Å². The monoisotopic (exact) mass is 222 g/mol. The Hall–Kier alpha value is -0.500. The average molecular weight is 222 g/mol. The van der Waals surface area contributed by atoms with Gasteiger partial charge in [0.05, 0.1) is 0 Å². The molecule has 1 aromatic carbocycles. The first kappa shape index (κ1) is 9.71. The van der Waals surface area contributed by atoms with E-state index in [9.17, 15) is 4.39 Å². The zero-order chi connectivity index (χ0) is 10.3. The summed E-state index contributed by atoms with van der Waals surface area (Å²) >= 11 is 1.75. The Labute approximate surface area is 94.3 Å². The van der Waals surface area contributed by atoms with Gasteiger partial charge in [0.15, 0.2) is 0 Å². The molecule has 2 heteroatoms. The molecule has 0 heterocycles. The SMILES string of the molecule is FC1C2CCC(C2)C1Sc1ccccc1. The van der Waals surface area contributed by atoms with Crippen LogP contribution in [-0.4, -0.2) is 11.4 Å². The minimum atomic E-state index is -0.561. The van der Waals surface area contributed by atoms with E-state index in [2.05, 4.69) is 12.1 Å². The van der Waals surface area contributed by atoms with E-state index >= 15 is 0 Å². The standard InChI is InChI=1S/C13H15FS/c14-12-9-6-7-10(8-9)13(12)15-11-4-2-1-3-5-11/h1-5,9-10,12-13H,6-8H2. The topological polar surface area (TPSA) is 0 Å². The lowest BCUT2D eigenvalue weighted by Crippen LogP contribution is -2.25. The van der Waals surface area contributed by atoms with Gasteiger partial charge in [-0.05, 0) is 43.2 Å². The highest BCUT2D eigenvalue weighted by atomic mass is 32.2. The zero-order valence-corrected chi connectivity index (χ0v) is 9.42. The third-order valence-electron chi connectivity index (χ3n) is 3.76. The lowest BCUT2D eigenvalue weighted by atomic mass is 9.98. The molecule has 4 atom stereocenters. The van der Waals surface area contributed by atoms with E-state index in [-0.39, 0.29) is 5.25 Å². The predicted molar refractivity (Wildman–Crippen MR) is 61.8 cm³/mol. The molecule has 0 spiro atoms. The summed E-state index contributed by atoms with van der Waals surface area (Å²) in [5, 5.41) is 0.228. The van der Waals surface area contributed by atoms with Crippen LogP contribution in [0.4, 0.5) is 4.39 Å². The maximum atomic E-state index is 13.9. The van der Waals surface area contributed by atoms with Gasteiger partial charge in [-0.25, -0.2) is 4.39 Å². The van der Waals surface area contributed by atoms with Crippen molar-refractivity contribution < 1.29 is 4.39 Å². The number of thioether (sulfide) groups is 1. The minimum Gasteiger partial charge on any atom is -0.246 e. The third-order valence-corrected chi connectivity index (χ3v) is 5.22. The van der Waals surface area contributed by atoms with Crippen molar-refractivity contribution in [2.45, 2.75) is 35.6 Å². The van der Waals surface area contributed by atoms with Crippen LogP contribution in [0.5, 0.6) is 0 Å². The van der Waals surface area contributed by atoms with Gasteiger partial charge in [-0.1, -0.05) is 18.2 Å². The van der Waals surface area contributed by atoms with Crippen molar-refractivity contribution in [2.24, 2.45) is 11.8 Å². The highest BCUT2D eigenvalue weighted by molar-refractivity contribution is 8.00. The molecule has 0 radical (unpaired) electrons. The molecule has 3 rings (SSSR count). The Balaban J connectivity index is 1.74. The van der Waals surface area contributed by atoms with Crippen LogP contribution in [0.3, 0.4) is 0 Å². The predicted octanol–water partition coefficient (Wildman–Crippen LogP) is 3.92. The molecule has 0 aromatic heterocycles. The van der Waals surface area contributed by atoms with E-state index in [1.807, 2.05) is 18.2 Å². The molecule has 2 bridgehead atoms. The normalized spacial score (nSPS) is 38.5. The van der Waals surface area contributed by atoms with Gasteiger partial charge >= 0.3 is 0 Å². The highest BCUT2D eigenvalue weighted by Crippen LogP contribution is 2.52. The molecule has 0 aliphatic heterocycles. The smallest absolute Gasteiger partial charge is 0.115 e. The summed E-state index contributed by atoms with van der Waals surface area (Å²) in [7, 11) is 0. The van der Waals surface area contributed by atoms with Gasteiger partial charge in [0.1, 0.15) is 6.17 Å². The summed E-state index contributed by atoms with van der Waals surface area (Å²) in [5.74, 6) is 1.01. The fourth-order valence-corrected chi connectivity index (χ4v) is 4.41. The molecular weight excluding hydrogens is 207 g/mol. The van der Waals surface area contributed by atoms with Crippen LogP contribution in [-0.2, 0) is 0 Å². The molecule has 2 saturated carbocycles. The second kappa shape index (κ2) is 3.82. The molecule has 4 unspecified atom stereocenters. The van der Waals surface area contributed by atoms with Crippen molar-refractivity contribution in [3.63, 3.8) is 0 Å². The summed E-state index contributed by atoms with van der Waals surface area (Å²) in [6, 6.07) is 10.2. The van der Waals surface area contributed by atoms with Crippen molar-refractivity contribution in [2.75, 3.05) is 0 Å². The first-order valence-corrected chi connectivity index (χ1v) is 6.58. The Morgan fingerprint density at radius 1 is 1.07 bits per heavy atom. The lowest BCUT2D eigenvalue weighted by molar-refractivity contribution is 0.238. The molecule has 80 valence electrons. The maximum Gasteiger partial charge on any atom is 0.115 e. The van der Waals surface area contributed by atoms with Crippen LogP contribution >= 0.6 is 11.8 Å². The van der Waals surface area contributed by atoms with Crippen molar-refractivity contribution >= 4 is 11.8 Å². The number of hydrogen-bond donors (Lipinski definition) is 0. The van der Waals surface area contributed by atoms with E-state index in [4.69, 9.17) is 0 Å². The molecule has 2 aliphatic carbocycles. The molecule has 1 aromatic rings. The van der Waals surface area contributed by atoms with Gasteiger partial charge in [0, 0.05) is 10.1 Å². The van der Waals surface area contributed by atoms with Crippen LogP contribution in [0.25, 0.3) is 0 Å². The fraction of sp³-hybridized carbons (Fsp3) is 0.538. The van der Waals surface area contributed by atoms with Crippen molar-refractivity contribution in [3.05, 3.63) is 30.3 Å². The summed E-state index contributed by atoms with van der Waals surface area (Å²) in [5.41, 5.74) is 0. The third kappa shape index (κ3) is 1.69. The van der Waals surface area contributed by atoms with Crippen LogP contribution in [0, 0.1) is 11.8 Å². The molecule has 2 fully saturated rings. The number of rotatable bonds is 2. The number of halogens is 1. The lowest BCUT2D eigenvalue weighted by Gasteiger charge is -2.24. The summed E-state index contributed by atoms with van der Waals surface area (Å²) in [6.07, 6.45) is 2.94. The largest absolute Gasteiger partial charge is 0.246 e. The van der Waals surface area contributed by atoms with E-state index in [0.29, 0.717) is 11.8 Å². The number of fused-ring (bicyclic) bond motifs is 2. The number of hydrogen-bond acceptors (Lipinski definition) is 1. The summed E-state index contributed by atoms with van der Waals surface area (Å²) in [4.78, 5) is 1.22. The fourth-order valence-electron chi connectivity index (χ4n) is 2.99. The molecule has 0 saturated heterocycles. The van der Waals surface area contributed by atoms with Crippen LogP contribution < -0.4 is 0 Å². The quantitative estimate of drug-likeness (QED) is 0.731. The number of benzene rings is 1. The van der Waals surface area contributed by atoms with Crippen LogP contribution in [0.15, 0.2) is 35.2 Å². The van der Waals surface area contributed by atoms with E-state index in [1.54, 1.807) is 11.8 Å². The Kier molecular flexibility index (Phi) is 2.47. The summed E-state index contributed by atoms with van der Waals surface area (Å²) < 4.78 is 13.9. The first-order chi connectivity index (χ1) is 7.34. The molecule has 2 aliphatic rings.